The Kier molecular flexibility index (Phi) is 17.2. The second kappa shape index (κ2) is 17.2. The lowest BCUT2D eigenvalue weighted by atomic mass is 10.1. The number of rotatable bonds is 10. The highest BCUT2D eigenvalue weighted by molar-refractivity contribution is 5.85. The van der Waals surface area contributed by atoms with E-state index in [9.17, 15) is 14.4 Å². The summed E-state index contributed by atoms with van der Waals surface area (Å²) in [7, 11) is 0. The standard InChI is InChI=1S/C13H20N2O2.C4H8N2O3.ClH/c14-9-5-4-8-12(15)13(16)17-10-11-6-2-1-3-7-11;5-1-3(7)6-2-4(8)9;/h1-3,6-7,12H,4-5,8-10,14-15H2;1-2,5H2,(H,6,7)(H,8,9);1H/t12-;;/m0../s1. The fourth-order valence-corrected chi connectivity index (χ4v) is 1.71. The fourth-order valence-electron chi connectivity index (χ4n) is 1.71. The summed E-state index contributed by atoms with van der Waals surface area (Å²) in [5.74, 6) is -1.87. The van der Waals surface area contributed by atoms with E-state index in [-0.39, 0.29) is 38.1 Å². The Morgan fingerprint density at radius 1 is 1.11 bits per heavy atom. The lowest BCUT2D eigenvalue weighted by Gasteiger charge is -2.11. The van der Waals surface area contributed by atoms with Crippen LogP contribution in [0, 0.1) is 0 Å². The summed E-state index contributed by atoms with van der Waals surface area (Å²) in [6.07, 6.45) is 2.38. The van der Waals surface area contributed by atoms with Gasteiger partial charge in [0.05, 0.1) is 6.54 Å². The van der Waals surface area contributed by atoms with Gasteiger partial charge < -0.3 is 32.4 Å². The van der Waals surface area contributed by atoms with Crippen LogP contribution in [0.2, 0.25) is 0 Å². The molecular formula is C17H29ClN4O5. The van der Waals surface area contributed by atoms with Crippen molar-refractivity contribution in [2.24, 2.45) is 17.2 Å². The molecule has 154 valence electrons. The van der Waals surface area contributed by atoms with Crippen LogP contribution in [-0.4, -0.2) is 48.6 Å². The lowest BCUT2D eigenvalue weighted by Crippen LogP contribution is -2.34. The van der Waals surface area contributed by atoms with Gasteiger partial charge in [0.25, 0.3) is 0 Å². The van der Waals surface area contributed by atoms with Crippen molar-refractivity contribution in [3.05, 3.63) is 35.9 Å². The van der Waals surface area contributed by atoms with Crippen LogP contribution < -0.4 is 22.5 Å². The number of hydrogen-bond acceptors (Lipinski definition) is 7. The maximum absolute atomic E-state index is 11.5. The fraction of sp³-hybridized carbons (Fsp3) is 0.471. The highest BCUT2D eigenvalue weighted by Gasteiger charge is 2.14. The highest BCUT2D eigenvalue weighted by atomic mass is 35.5. The van der Waals surface area contributed by atoms with Crippen LogP contribution in [0.3, 0.4) is 0 Å². The van der Waals surface area contributed by atoms with E-state index in [4.69, 9.17) is 27.0 Å². The SMILES string of the molecule is Cl.NCC(=O)NCC(=O)O.NCCCC[C@H](N)C(=O)OCc1ccccc1. The average Bonchev–Trinajstić information content (AvgIpc) is 2.65. The summed E-state index contributed by atoms with van der Waals surface area (Å²) in [5.41, 5.74) is 16.9. The Labute approximate surface area is 165 Å². The summed E-state index contributed by atoms with van der Waals surface area (Å²) in [4.78, 5) is 31.5. The zero-order chi connectivity index (χ0) is 19.8. The maximum atomic E-state index is 11.5. The molecule has 0 aromatic heterocycles. The van der Waals surface area contributed by atoms with Gasteiger partial charge in [-0.15, -0.1) is 12.4 Å². The molecular weight excluding hydrogens is 376 g/mol. The monoisotopic (exact) mass is 404 g/mol. The van der Waals surface area contributed by atoms with Crippen molar-refractivity contribution in [3.8, 4) is 0 Å². The van der Waals surface area contributed by atoms with Crippen molar-refractivity contribution in [2.75, 3.05) is 19.6 Å². The first-order chi connectivity index (χ1) is 12.4. The average molecular weight is 405 g/mol. The van der Waals surface area contributed by atoms with Gasteiger partial charge in [0.15, 0.2) is 0 Å². The molecule has 10 heteroatoms. The molecule has 0 fully saturated rings. The first-order valence-electron chi connectivity index (χ1n) is 8.25. The number of benzene rings is 1. The van der Waals surface area contributed by atoms with Gasteiger partial charge in [0.1, 0.15) is 19.2 Å². The first kappa shape index (κ1) is 27.0. The number of nitrogens with one attached hydrogen (secondary N) is 1. The number of unbranched alkanes of at least 4 members (excludes halogenated alkanes) is 1. The summed E-state index contributed by atoms with van der Waals surface area (Å²) in [5, 5.41) is 10.1. The number of aliphatic carboxylic acids is 1. The maximum Gasteiger partial charge on any atom is 0.323 e. The van der Waals surface area contributed by atoms with E-state index in [1.54, 1.807) is 0 Å². The van der Waals surface area contributed by atoms with E-state index in [0.717, 1.165) is 18.4 Å². The van der Waals surface area contributed by atoms with Gasteiger partial charge in [0, 0.05) is 0 Å². The molecule has 0 radical (unpaired) electrons. The highest BCUT2D eigenvalue weighted by Crippen LogP contribution is 2.04. The first-order valence-corrected chi connectivity index (χ1v) is 8.25. The van der Waals surface area contributed by atoms with E-state index >= 15 is 0 Å². The molecule has 9 nitrogen and oxygen atoms in total. The second-order valence-corrected chi connectivity index (χ2v) is 5.36. The van der Waals surface area contributed by atoms with Crippen molar-refractivity contribution >= 4 is 30.3 Å². The molecule has 0 heterocycles. The minimum Gasteiger partial charge on any atom is -0.480 e. The molecule has 1 amide bonds. The number of amides is 1. The molecule has 27 heavy (non-hydrogen) atoms. The van der Waals surface area contributed by atoms with E-state index in [0.29, 0.717) is 13.0 Å². The van der Waals surface area contributed by atoms with Crippen molar-refractivity contribution in [3.63, 3.8) is 0 Å². The van der Waals surface area contributed by atoms with Crippen molar-refractivity contribution in [2.45, 2.75) is 31.9 Å². The Morgan fingerprint density at radius 3 is 2.26 bits per heavy atom. The Balaban J connectivity index is 0. The largest absolute Gasteiger partial charge is 0.480 e. The van der Waals surface area contributed by atoms with Crippen LogP contribution in [0.25, 0.3) is 0 Å². The van der Waals surface area contributed by atoms with Crippen LogP contribution in [0.1, 0.15) is 24.8 Å². The minimum atomic E-state index is -1.07. The number of halogens is 1. The Morgan fingerprint density at radius 2 is 1.74 bits per heavy atom. The number of ether oxygens (including phenoxy) is 1. The molecule has 1 atom stereocenters. The van der Waals surface area contributed by atoms with E-state index in [1.165, 1.54) is 0 Å². The smallest absolute Gasteiger partial charge is 0.323 e. The van der Waals surface area contributed by atoms with Crippen LogP contribution in [-0.2, 0) is 25.7 Å². The zero-order valence-corrected chi connectivity index (χ0v) is 16.0. The summed E-state index contributed by atoms with van der Waals surface area (Å²) in [6.45, 7) is 0.374. The molecule has 1 aromatic rings. The van der Waals surface area contributed by atoms with E-state index in [1.807, 2.05) is 30.3 Å². The van der Waals surface area contributed by atoms with Gasteiger partial charge in [-0.1, -0.05) is 36.8 Å². The third-order valence-corrected chi connectivity index (χ3v) is 3.12. The molecule has 0 spiro atoms. The number of hydrogen-bond donors (Lipinski definition) is 5. The van der Waals surface area contributed by atoms with Crippen LogP contribution in [0.15, 0.2) is 30.3 Å². The predicted octanol–water partition coefficient (Wildman–Crippen LogP) is -0.246. The lowest BCUT2D eigenvalue weighted by molar-refractivity contribution is -0.146. The van der Waals surface area contributed by atoms with Crippen molar-refractivity contribution in [1.82, 2.24) is 5.32 Å². The molecule has 0 unspecified atom stereocenters. The van der Waals surface area contributed by atoms with Gasteiger partial charge in [-0.25, -0.2) is 0 Å². The van der Waals surface area contributed by atoms with Crippen LogP contribution in [0.4, 0.5) is 0 Å². The molecule has 0 saturated carbocycles. The predicted molar refractivity (Wildman–Crippen MR) is 104 cm³/mol. The van der Waals surface area contributed by atoms with Crippen LogP contribution in [0.5, 0.6) is 0 Å². The van der Waals surface area contributed by atoms with Gasteiger partial charge >= 0.3 is 11.9 Å². The van der Waals surface area contributed by atoms with Crippen molar-refractivity contribution < 1.29 is 24.2 Å². The number of esters is 1. The molecule has 1 aromatic carbocycles. The van der Waals surface area contributed by atoms with Crippen LogP contribution >= 0.6 is 12.4 Å². The number of carbonyl (C=O) groups excluding carboxylic acids is 2. The topological polar surface area (TPSA) is 171 Å². The molecule has 8 N–H and O–H groups in total. The Hall–Kier alpha value is -2.20. The summed E-state index contributed by atoms with van der Waals surface area (Å²) in [6, 6.07) is 9.02. The third kappa shape index (κ3) is 15.7. The molecule has 0 bridgehead atoms. The van der Waals surface area contributed by atoms with Gasteiger partial charge in [-0.3, -0.25) is 14.4 Å². The van der Waals surface area contributed by atoms with E-state index < -0.39 is 17.9 Å². The summed E-state index contributed by atoms with van der Waals surface area (Å²) < 4.78 is 5.13. The van der Waals surface area contributed by atoms with Gasteiger partial charge in [0.2, 0.25) is 5.91 Å². The van der Waals surface area contributed by atoms with E-state index in [2.05, 4.69) is 5.32 Å². The molecule has 1 rings (SSSR count). The minimum absolute atomic E-state index is 0. The molecule has 0 aliphatic heterocycles. The van der Waals surface area contributed by atoms with Crippen molar-refractivity contribution in [1.29, 1.82) is 0 Å². The second-order valence-electron chi connectivity index (χ2n) is 5.36. The quantitative estimate of drug-likeness (QED) is 0.262. The number of nitrogens with two attached hydrogens (primary N) is 3. The number of carbonyl (C=O) groups is 3. The van der Waals surface area contributed by atoms with Gasteiger partial charge in [-0.05, 0) is 24.9 Å². The summed E-state index contributed by atoms with van der Waals surface area (Å²) >= 11 is 0. The normalized spacial score (nSPS) is 10.5. The molecule has 0 saturated heterocycles. The zero-order valence-electron chi connectivity index (χ0n) is 15.1. The third-order valence-electron chi connectivity index (χ3n) is 3.12. The molecule has 0 aliphatic rings. The Bertz CT molecular complexity index is 545. The van der Waals surface area contributed by atoms with Gasteiger partial charge in [-0.2, -0.15) is 0 Å². The number of carboxylic acids is 1. The molecule has 0 aliphatic carbocycles. The number of carboxylic acid groups (broad SMARTS) is 1.